The van der Waals surface area contributed by atoms with Gasteiger partial charge in [0.25, 0.3) is 0 Å². The largest absolute Gasteiger partial charge is 0.492 e. The van der Waals surface area contributed by atoms with Crippen molar-refractivity contribution >= 4 is 29.1 Å². The van der Waals surface area contributed by atoms with Gasteiger partial charge in [-0.2, -0.15) is 0 Å². The zero-order chi connectivity index (χ0) is 22.8. The number of carboxylic acids is 1. The van der Waals surface area contributed by atoms with Crippen molar-refractivity contribution in [3.8, 4) is 5.75 Å². The van der Waals surface area contributed by atoms with E-state index in [1.165, 1.54) is 6.92 Å². The van der Waals surface area contributed by atoms with Crippen molar-refractivity contribution in [2.24, 2.45) is 0 Å². The van der Waals surface area contributed by atoms with E-state index in [2.05, 4.69) is 5.32 Å². The molecule has 4 rings (SSSR count). The first-order valence-electron chi connectivity index (χ1n) is 10.8. The van der Waals surface area contributed by atoms with Crippen LogP contribution in [0.15, 0.2) is 48.0 Å². The number of hydrogen-bond acceptors (Lipinski definition) is 4. The number of aliphatic carboxylic acids is 1. The van der Waals surface area contributed by atoms with Gasteiger partial charge < -0.3 is 20.1 Å². The molecule has 2 bridgehead atoms. The van der Waals surface area contributed by atoms with Gasteiger partial charge in [0.2, 0.25) is 5.91 Å². The molecule has 0 aliphatic carbocycles. The molecule has 0 radical (unpaired) electrons. The first-order chi connectivity index (χ1) is 15.3. The van der Waals surface area contributed by atoms with E-state index >= 15 is 0 Å². The van der Waals surface area contributed by atoms with E-state index < -0.39 is 5.97 Å². The van der Waals surface area contributed by atoms with Crippen LogP contribution in [-0.4, -0.2) is 53.7 Å². The minimum absolute atomic E-state index is 0.0202. The molecule has 2 aromatic rings. The van der Waals surface area contributed by atoms with E-state index in [0.717, 1.165) is 28.7 Å². The summed E-state index contributed by atoms with van der Waals surface area (Å²) in [7, 11) is 0. The Morgan fingerprint density at radius 2 is 1.94 bits per heavy atom. The molecule has 6 nitrogen and oxygen atoms in total. The zero-order valence-electron chi connectivity index (χ0n) is 18.2. The van der Waals surface area contributed by atoms with E-state index in [9.17, 15) is 14.7 Å². The fourth-order valence-electron chi connectivity index (χ4n) is 4.50. The highest BCUT2D eigenvalue weighted by molar-refractivity contribution is 6.32. The van der Waals surface area contributed by atoms with E-state index in [1.807, 2.05) is 49.4 Å². The van der Waals surface area contributed by atoms with Crippen LogP contribution in [-0.2, 0) is 16.0 Å². The Hall–Kier alpha value is -2.83. The van der Waals surface area contributed by atoms with Gasteiger partial charge in [-0.3, -0.25) is 4.79 Å². The van der Waals surface area contributed by atoms with Crippen molar-refractivity contribution in [3.05, 3.63) is 69.8 Å². The maximum absolute atomic E-state index is 12.1. The summed E-state index contributed by atoms with van der Waals surface area (Å²) in [4.78, 5) is 25.6. The number of carbonyl (C=O) groups is 2. The van der Waals surface area contributed by atoms with Crippen LogP contribution in [0.25, 0.3) is 5.57 Å². The van der Waals surface area contributed by atoms with E-state index in [1.54, 1.807) is 4.90 Å². The highest BCUT2D eigenvalue weighted by Gasteiger charge is 2.38. The molecule has 1 saturated heterocycles. The highest BCUT2D eigenvalue weighted by Crippen LogP contribution is 2.33. The Kier molecular flexibility index (Phi) is 6.53. The average molecular weight is 455 g/mol. The summed E-state index contributed by atoms with van der Waals surface area (Å²) in [6.45, 7) is 5.00. The Labute approximate surface area is 192 Å². The summed E-state index contributed by atoms with van der Waals surface area (Å²) < 4.78 is 5.84. The summed E-state index contributed by atoms with van der Waals surface area (Å²) >= 11 is 6.19. The first-order valence-corrected chi connectivity index (χ1v) is 11.2. The number of carbonyl (C=O) groups excluding carboxylic acids is 1. The number of piperazine rings is 1. The zero-order valence-corrected chi connectivity index (χ0v) is 19.0. The summed E-state index contributed by atoms with van der Waals surface area (Å²) in [5.41, 5.74) is 4.32. The molecule has 32 heavy (non-hydrogen) atoms. The molecule has 7 heteroatoms. The Morgan fingerprint density at radius 1 is 1.19 bits per heavy atom. The normalized spacial score (nSPS) is 20.3. The number of amides is 1. The van der Waals surface area contributed by atoms with Crippen molar-refractivity contribution in [1.82, 2.24) is 10.2 Å². The number of rotatable bonds is 6. The quantitative estimate of drug-likeness (QED) is 0.695. The maximum atomic E-state index is 12.1. The second-order valence-electron chi connectivity index (χ2n) is 8.47. The molecule has 2 aromatic carbocycles. The van der Waals surface area contributed by atoms with Crippen LogP contribution in [0.5, 0.6) is 5.75 Å². The number of benzene rings is 2. The Balaban J connectivity index is 1.47. The number of halogens is 1. The fourth-order valence-corrected chi connectivity index (χ4v) is 4.67. The van der Waals surface area contributed by atoms with E-state index in [-0.39, 0.29) is 18.0 Å². The molecule has 2 heterocycles. The number of carboxylic acid groups (broad SMARTS) is 1. The van der Waals surface area contributed by atoms with Crippen molar-refractivity contribution < 1.29 is 19.4 Å². The van der Waals surface area contributed by atoms with Gasteiger partial charge in [-0.15, -0.1) is 0 Å². The molecule has 1 fully saturated rings. The van der Waals surface area contributed by atoms with Gasteiger partial charge in [0.1, 0.15) is 5.75 Å². The minimum atomic E-state index is -0.936. The molecule has 0 saturated carbocycles. The predicted molar refractivity (Wildman–Crippen MR) is 124 cm³/mol. The Bertz CT molecular complexity index is 1060. The second kappa shape index (κ2) is 9.35. The second-order valence-corrected chi connectivity index (χ2v) is 8.88. The third-order valence-corrected chi connectivity index (χ3v) is 6.43. The van der Waals surface area contributed by atoms with Gasteiger partial charge in [-0.05, 0) is 47.7 Å². The number of nitrogens with zero attached hydrogens (tertiary/aromatic N) is 1. The SMILES string of the molecule is CC(=O)N1CC2CC(c3ccc(CCOc4cc(C)ccc4Cl)cc3)=C(C(=O)O)[C@@H](C1)N2. The monoisotopic (exact) mass is 454 g/mol. The van der Waals surface area contributed by atoms with Crippen molar-refractivity contribution in [3.63, 3.8) is 0 Å². The maximum Gasteiger partial charge on any atom is 0.333 e. The number of fused-ring (bicyclic) bond motifs is 2. The molecule has 0 spiro atoms. The molecule has 2 atom stereocenters. The predicted octanol–water partition coefficient (Wildman–Crippen LogP) is 3.70. The number of aryl methyl sites for hydroxylation is 1. The van der Waals surface area contributed by atoms with Crippen molar-refractivity contribution in [2.45, 2.75) is 38.8 Å². The van der Waals surface area contributed by atoms with Gasteiger partial charge in [0.15, 0.2) is 0 Å². The minimum Gasteiger partial charge on any atom is -0.492 e. The topological polar surface area (TPSA) is 78.9 Å². The molecule has 2 aliphatic rings. The molecule has 1 unspecified atom stereocenters. The van der Waals surface area contributed by atoms with Crippen molar-refractivity contribution in [1.29, 1.82) is 0 Å². The molecule has 2 N–H and O–H groups in total. The van der Waals surface area contributed by atoms with Crippen LogP contribution in [0.4, 0.5) is 0 Å². The average Bonchev–Trinajstić information content (AvgIpc) is 2.75. The van der Waals surface area contributed by atoms with Crippen LogP contribution >= 0.6 is 11.6 Å². The van der Waals surface area contributed by atoms with Crippen molar-refractivity contribution in [2.75, 3.05) is 19.7 Å². The summed E-state index contributed by atoms with van der Waals surface area (Å²) in [6.07, 6.45) is 1.30. The standard InChI is InChI=1S/C25H27ClN2O4/c1-15-3-8-21(26)23(11-15)32-10-9-17-4-6-18(7-5-17)20-12-19-13-28(16(2)29)14-22(27-19)24(20)25(30)31/h3-8,11,19,22,27H,9-10,12-14H2,1-2H3,(H,30,31)/t19?,22-/m1/s1. The number of hydrogen-bond donors (Lipinski definition) is 2. The smallest absolute Gasteiger partial charge is 0.333 e. The summed E-state index contributed by atoms with van der Waals surface area (Å²) in [5.74, 6) is -0.275. The lowest BCUT2D eigenvalue weighted by atomic mass is 9.83. The molecule has 0 aromatic heterocycles. The van der Waals surface area contributed by atoms with Crippen LogP contribution in [0.3, 0.4) is 0 Å². The fraction of sp³-hybridized carbons (Fsp3) is 0.360. The molecule has 2 aliphatic heterocycles. The molecular formula is C25H27ClN2O4. The van der Waals surface area contributed by atoms with Crippen LogP contribution in [0, 0.1) is 6.92 Å². The van der Waals surface area contributed by atoms with Gasteiger partial charge in [0.05, 0.1) is 23.2 Å². The van der Waals surface area contributed by atoms with E-state index in [4.69, 9.17) is 16.3 Å². The first kappa shape index (κ1) is 22.4. The summed E-state index contributed by atoms with van der Waals surface area (Å²) in [5, 5.41) is 13.9. The number of nitrogens with one attached hydrogen (secondary N) is 1. The lowest BCUT2D eigenvalue weighted by Crippen LogP contribution is -2.61. The third-order valence-electron chi connectivity index (χ3n) is 6.12. The third kappa shape index (κ3) is 4.81. The number of ether oxygens (including phenoxy) is 1. The molecule has 168 valence electrons. The van der Waals surface area contributed by atoms with Gasteiger partial charge in [-0.1, -0.05) is 41.9 Å². The van der Waals surface area contributed by atoms with Crippen LogP contribution in [0.1, 0.15) is 30.0 Å². The highest BCUT2D eigenvalue weighted by atomic mass is 35.5. The Morgan fingerprint density at radius 3 is 2.62 bits per heavy atom. The van der Waals surface area contributed by atoms with Gasteiger partial charge in [0, 0.05) is 32.5 Å². The van der Waals surface area contributed by atoms with Crippen LogP contribution in [0.2, 0.25) is 5.02 Å². The van der Waals surface area contributed by atoms with Gasteiger partial charge >= 0.3 is 5.97 Å². The summed E-state index contributed by atoms with van der Waals surface area (Å²) in [6, 6.07) is 13.4. The van der Waals surface area contributed by atoms with Gasteiger partial charge in [-0.25, -0.2) is 4.79 Å². The molecular weight excluding hydrogens is 428 g/mol. The lowest BCUT2D eigenvalue weighted by Gasteiger charge is -2.43. The van der Waals surface area contributed by atoms with Crippen LogP contribution < -0.4 is 10.1 Å². The lowest BCUT2D eigenvalue weighted by molar-refractivity contribution is -0.135. The van der Waals surface area contributed by atoms with E-state index in [0.29, 0.717) is 42.5 Å². The molecule has 1 amide bonds.